The molecule has 0 fully saturated rings. The van der Waals surface area contributed by atoms with Crippen molar-refractivity contribution in [3.8, 4) is 11.1 Å². The third kappa shape index (κ3) is 3.47. The maximum Gasteiger partial charge on any atom is 0.0802 e. The number of nitrogens with two attached hydrogens (primary N) is 1. The van der Waals surface area contributed by atoms with Crippen molar-refractivity contribution in [1.29, 1.82) is 0 Å². The van der Waals surface area contributed by atoms with Crippen LogP contribution in [0, 0.1) is 0 Å². The van der Waals surface area contributed by atoms with E-state index < -0.39 is 6.10 Å². The summed E-state index contributed by atoms with van der Waals surface area (Å²) in [7, 11) is 0. The molecular weight excluding hydrogens is 294 g/mol. The smallest absolute Gasteiger partial charge is 0.0802 e. The number of rotatable bonds is 4. The molecule has 3 N–H and O–H groups in total. The minimum Gasteiger partial charge on any atom is -0.388 e. The Bertz CT molecular complexity index is 740. The lowest BCUT2D eigenvalue weighted by Crippen LogP contribution is -2.06. The number of benzene rings is 3. The molecule has 22 heavy (non-hydrogen) atoms. The van der Waals surface area contributed by atoms with Crippen molar-refractivity contribution in [2.45, 2.75) is 12.5 Å². The molecule has 0 saturated carbocycles. The number of fused-ring (bicyclic) bond motifs is 1. The van der Waals surface area contributed by atoms with E-state index in [0.717, 1.165) is 11.1 Å². The Balaban J connectivity index is 0.00000176. The molecule has 0 heterocycles. The predicted molar refractivity (Wildman–Crippen MR) is 95.3 cm³/mol. The molecule has 0 aliphatic rings. The molecule has 0 unspecified atom stereocenters. The van der Waals surface area contributed by atoms with Crippen LogP contribution in [-0.2, 0) is 0 Å². The van der Waals surface area contributed by atoms with E-state index in [4.69, 9.17) is 5.73 Å². The van der Waals surface area contributed by atoms with Crippen molar-refractivity contribution < 1.29 is 5.11 Å². The first-order valence-corrected chi connectivity index (χ1v) is 7.25. The predicted octanol–water partition coefficient (Wildman–Crippen LogP) is 4.31. The molecule has 3 rings (SSSR count). The summed E-state index contributed by atoms with van der Waals surface area (Å²) in [6.07, 6.45) is 0.121. The number of aliphatic hydroxyl groups excluding tert-OH is 1. The lowest BCUT2D eigenvalue weighted by Gasteiger charge is -2.10. The van der Waals surface area contributed by atoms with Gasteiger partial charge in [0.2, 0.25) is 0 Å². The second-order valence-electron chi connectivity index (χ2n) is 5.28. The molecule has 3 heteroatoms. The zero-order valence-corrected chi connectivity index (χ0v) is 13.1. The molecule has 0 saturated heterocycles. The second-order valence-corrected chi connectivity index (χ2v) is 5.28. The topological polar surface area (TPSA) is 46.2 Å². The first-order chi connectivity index (χ1) is 10.3. The van der Waals surface area contributed by atoms with Crippen LogP contribution in [0.15, 0.2) is 66.7 Å². The Kier molecular flexibility index (Phi) is 5.56. The Morgan fingerprint density at radius 2 is 1.45 bits per heavy atom. The molecule has 0 aliphatic heterocycles. The van der Waals surface area contributed by atoms with E-state index in [2.05, 4.69) is 54.6 Å². The van der Waals surface area contributed by atoms with Gasteiger partial charge in [-0.3, -0.25) is 0 Å². The molecule has 1 atom stereocenters. The van der Waals surface area contributed by atoms with Crippen molar-refractivity contribution >= 4 is 23.2 Å². The van der Waals surface area contributed by atoms with Gasteiger partial charge < -0.3 is 10.8 Å². The van der Waals surface area contributed by atoms with E-state index in [1.165, 1.54) is 16.3 Å². The van der Waals surface area contributed by atoms with Crippen LogP contribution >= 0.6 is 12.4 Å². The minimum atomic E-state index is -0.472. The van der Waals surface area contributed by atoms with E-state index >= 15 is 0 Å². The van der Waals surface area contributed by atoms with E-state index in [-0.39, 0.29) is 12.4 Å². The fourth-order valence-corrected chi connectivity index (χ4v) is 2.59. The summed E-state index contributed by atoms with van der Waals surface area (Å²) in [5.74, 6) is 0. The highest BCUT2D eigenvalue weighted by Crippen LogP contribution is 2.26. The summed E-state index contributed by atoms with van der Waals surface area (Å²) in [4.78, 5) is 0. The highest BCUT2D eigenvalue weighted by molar-refractivity contribution is 5.87. The van der Waals surface area contributed by atoms with Crippen LogP contribution in [0.5, 0.6) is 0 Å². The molecule has 2 nitrogen and oxygen atoms in total. The third-order valence-electron chi connectivity index (χ3n) is 3.82. The SMILES string of the molecule is Cl.NCC[C@H](O)c1ccc(-c2ccc3ccccc3c2)cc1. The molecule has 3 aromatic rings. The van der Waals surface area contributed by atoms with Crippen molar-refractivity contribution in [1.82, 2.24) is 0 Å². The normalized spacial score (nSPS) is 11.9. The van der Waals surface area contributed by atoms with Gasteiger partial charge in [0.1, 0.15) is 0 Å². The summed E-state index contributed by atoms with van der Waals surface area (Å²) in [6.45, 7) is 0.494. The van der Waals surface area contributed by atoms with Gasteiger partial charge in [0.25, 0.3) is 0 Å². The lowest BCUT2D eigenvalue weighted by atomic mass is 9.98. The largest absolute Gasteiger partial charge is 0.388 e. The second kappa shape index (κ2) is 7.41. The molecule has 0 aliphatic carbocycles. The van der Waals surface area contributed by atoms with Gasteiger partial charge in [0.15, 0.2) is 0 Å². The van der Waals surface area contributed by atoms with Gasteiger partial charge in [-0.05, 0) is 46.5 Å². The molecule has 0 amide bonds. The van der Waals surface area contributed by atoms with Gasteiger partial charge in [-0.25, -0.2) is 0 Å². The Labute approximate surface area is 137 Å². The van der Waals surface area contributed by atoms with Crippen molar-refractivity contribution in [3.63, 3.8) is 0 Å². The molecular formula is C19H20ClNO. The number of aliphatic hydroxyl groups is 1. The quantitative estimate of drug-likeness (QED) is 0.754. The van der Waals surface area contributed by atoms with Crippen LogP contribution in [0.25, 0.3) is 21.9 Å². The summed E-state index contributed by atoms with van der Waals surface area (Å²) < 4.78 is 0. The van der Waals surface area contributed by atoms with Crippen LogP contribution in [0.3, 0.4) is 0 Å². The van der Waals surface area contributed by atoms with Crippen LogP contribution in [0.1, 0.15) is 18.1 Å². The van der Waals surface area contributed by atoms with E-state index in [1.807, 2.05) is 12.1 Å². The van der Waals surface area contributed by atoms with Gasteiger partial charge in [-0.2, -0.15) is 0 Å². The molecule has 0 bridgehead atoms. The summed E-state index contributed by atoms with van der Waals surface area (Å²) in [5, 5.41) is 12.4. The Hall–Kier alpha value is -1.87. The molecule has 3 aromatic carbocycles. The van der Waals surface area contributed by atoms with Crippen LogP contribution in [0.4, 0.5) is 0 Å². The Morgan fingerprint density at radius 1 is 0.818 bits per heavy atom. The monoisotopic (exact) mass is 313 g/mol. The number of hydrogen-bond acceptors (Lipinski definition) is 2. The van der Waals surface area contributed by atoms with E-state index in [1.54, 1.807) is 0 Å². The van der Waals surface area contributed by atoms with Crippen LogP contribution in [-0.4, -0.2) is 11.7 Å². The number of hydrogen-bond donors (Lipinski definition) is 2. The van der Waals surface area contributed by atoms with Crippen LogP contribution < -0.4 is 5.73 Å². The average Bonchev–Trinajstić information content (AvgIpc) is 2.55. The third-order valence-corrected chi connectivity index (χ3v) is 3.82. The van der Waals surface area contributed by atoms with Crippen molar-refractivity contribution in [2.75, 3.05) is 6.54 Å². The van der Waals surface area contributed by atoms with Crippen molar-refractivity contribution in [2.24, 2.45) is 5.73 Å². The first kappa shape index (κ1) is 16.5. The minimum absolute atomic E-state index is 0. The zero-order valence-electron chi connectivity index (χ0n) is 12.3. The fourth-order valence-electron chi connectivity index (χ4n) is 2.59. The number of halogens is 1. The maximum atomic E-state index is 9.94. The molecule has 0 radical (unpaired) electrons. The zero-order chi connectivity index (χ0) is 14.7. The van der Waals surface area contributed by atoms with Gasteiger partial charge in [-0.1, -0.05) is 60.7 Å². The van der Waals surface area contributed by atoms with Gasteiger partial charge in [0.05, 0.1) is 6.10 Å². The molecule has 0 spiro atoms. The lowest BCUT2D eigenvalue weighted by molar-refractivity contribution is 0.170. The van der Waals surface area contributed by atoms with Crippen molar-refractivity contribution in [3.05, 3.63) is 72.3 Å². The van der Waals surface area contributed by atoms with Gasteiger partial charge in [-0.15, -0.1) is 12.4 Å². The van der Waals surface area contributed by atoms with Gasteiger partial charge in [0, 0.05) is 0 Å². The highest BCUT2D eigenvalue weighted by atomic mass is 35.5. The van der Waals surface area contributed by atoms with E-state index in [0.29, 0.717) is 13.0 Å². The summed E-state index contributed by atoms with van der Waals surface area (Å²) in [6, 6.07) is 22.9. The van der Waals surface area contributed by atoms with Gasteiger partial charge >= 0.3 is 0 Å². The van der Waals surface area contributed by atoms with Crippen LogP contribution in [0.2, 0.25) is 0 Å². The maximum absolute atomic E-state index is 9.94. The molecule has 0 aromatic heterocycles. The summed E-state index contributed by atoms with van der Waals surface area (Å²) >= 11 is 0. The highest BCUT2D eigenvalue weighted by Gasteiger charge is 2.06. The standard InChI is InChI=1S/C19H19NO.ClH/c20-12-11-19(21)16-8-5-15(6-9-16)18-10-7-14-3-1-2-4-17(14)13-18;/h1-10,13,19,21H,11-12,20H2;1H/t19-;/m0./s1. The first-order valence-electron chi connectivity index (χ1n) is 7.25. The molecule has 114 valence electrons. The van der Waals surface area contributed by atoms with E-state index in [9.17, 15) is 5.11 Å². The fraction of sp³-hybridized carbons (Fsp3) is 0.158. The Morgan fingerprint density at radius 3 is 2.14 bits per heavy atom. The summed E-state index contributed by atoms with van der Waals surface area (Å²) in [5.41, 5.74) is 8.75. The average molecular weight is 314 g/mol.